The highest BCUT2D eigenvalue weighted by molar-refractivity contribution is 6.39. The van der Waals surface area contributed by atoms with Gasteiger partial charge in [-0.25, -0.2) is 4.79 Å². The Labute approximate surface area is 194 Å². The molecular formula is C24H30Cl2N2O3. The number of nitrogens with one attached hydrogen (secondary N) is 2. The molecule has 2 aromatic carbocycles. The van der Waals surface area contributed by atoms with Gasteiger partial charge in [-0.2, -0.15) is 0 Å². The van der Waals surface area contributed by atoms with Crippen molar-refractivity contribution in [3.05, 3.63) is 69.2 Å². The van der Waals surface area contributed by atoms with Crippen molar-refractivity contribution in [2.24, 2.45) is 0 Å². The number of hydrogen-bond donors (Lipinski definition) is 2. The number of halogens is 2. The van der Waals surface area contributed by atoms with Gasteiger partial charge in [0.25, 0.3) is 5.91 Å². The van der Waals surface area contributed by atoms with Crippen molar-refractivity contribution < 1.29 is 14.3 Å². The second-order valence-electron chi connectivity index (χ2n) is 7.12. The predicted octanol–water partition coefficient (Wildman–Crippen LogP) is 5.00. The van der Waals surface area contributed by atoms with Crippen LogP contribution in [0.4, 0.5) is 0 Å². The van der Waals surface area contributed by atoms with Crippen molar-refractivity contribution in [3.8, 4) is 0 Å². The zero-order valence-corrected chi connectivity index (χ0v) is 19.7. The van der Waals surface area contributed by atoms with E-state index in [2.05, 4.69) is 22.8 Å². The predicted molar refractivity (Wildman–Crippen MR) is 126 cm³/mol. The molecule has 7 heteroatoms. The van der Waals surface area contributed by atoms with Gasteiger partial charge in [0.2, 0.25) is 0 Å². The SMILES string of the molecule is CC.COC(=O)C(Cc1ccc(C2CCNCC2)cc1)NC(=O)c1c(Cl)cccc1Cl. The first-order chi connectivity index (χ1) is 15.0. The third-order valence-corrected chi connectivity index (χ3v) is 5.84. The average Bonchev–Trinajstić information content (AvgIpc) is 2.80. The summed E-state index contributed by atoms with van der Waals surface area (Å²) in [6.07, 6.45) is 2.56. The molecule has 31 heavy (non-hydrogen) atoms. The molecule has 1 fully saturated rings. The number of esters is 1. The number of methoxy groups -OCH3 is 1. The molecule has 2 N–H and O–H groups in total. The summed E-state index contributed by atoms with van der Waals surface area (Å²) in [5.74, 6) is -0.477. The van der Waals surface area contributed by atoms with Gasteiger partial charge in [0.1, 0.15) is 6.04 Å². The fourth-order valence-corrected chi connectivity index (χ4v) is 4.17. The van der Waals surface area contributed by atoms with Gasteiger partial charge in [-0.3, -0.25) is 4.79 Å². The van der Waals surface area contributed by atoms with Crippen LogP contribution >= 0.6 is 23.2 Å². The van der Waals surface area contributed by atoms with Crippen LogP contribution in [0.1, 0.15) is 54.1 Å². The summed E-state index contributed by atoms with van der Waals surface area (Å²) >= 11 is 12.2. The molecule has 0 radical (unpaired) electrons. The van der Waals surface area contributed by atoms with Crippen LogP contribution in [0, 0.1) is 0 Å². The monoisotopic (exact) mass is 464 g/mol. The van der Waals surface area contributed by atoms with Gasteiger partial charge in [-0.05, 0) is 55.1 Å². The van der Waals surface area contributed by atoms with E-state index < -0.39 is 17.9 Å². The van der Waals surface area contributed by atoms with E-state index in [9.17, 15) is 9.59 Å². The number of rotatable bonds is 6. The Balaban J connectivity index is 0.00000166. The molecule has 5 nitrogen and oxygen atoms in total. The van der Waals surface area contributed by atoms with Gasteiger partial charge in [-0.1, -0.05) is 67.4 Å². The van der Waals surface area contributed by atoms with E-state index in [1.165, 1.54) is 12.7 Å². The minimum absolute atomic E-state index is 0.144. The van der Waals surface area contributed by atoms with E-state index in [1.807, 2.05) is 26.0 Å². The Kier molecular flexibility index (Phi) is 10.3. The van der Waals surface area contributed by atoms with E-state index in [-0.39, 0.29) is 15.6 Å². The summed E-state index contributed by atoms with van der Waals surface area (Å²) < 4.78 is 4.87. The van der Waals surface area contributed by atoms with Gasteiger partial charge in [0.05, 0.1) is 22.7 Å². The first-order valence-corrected chi connectivity index (χ1v) is 11.4. The molecule has 1 amide bonds. The third kappa shape index (κ3) is 6.96. The molecule has 1 saturated heterocycles. The van der Waals surface area contributed by atoms with Crippen LogP contribution in [0.3, 0.4) is 0 Å². The Morgan fingerprint density at radius 2 is 1.65 bits per heavy atom. The van der Waals surface area contributed by atoms with E-state index in [4.69, 9.17) is 27.9 Å². The quantitative estimate of drug-likeness (QED) is 0.590. The maximum absolute atomic E-state index is 12.7. The fraction of sp³-hybridized carbons (Fsp3) is 0.417. The topological polar surface area (TPSA) is 67.4 Å². The smallest absolute Gasteiger partial charge is 0.328 e. The van der Waals surface area contributed by atoms with Crippen molar-refractivity contribution in [1.82, 2.24) is 10.6 Å². The zero-order valence-electron chi connectivity index (χ0n) is 18.2. The van der Waals surface area contributed by atoms with Crippen LogP contribution in [-0.2, 0) is 16.0 Å². The molecule has 2 aromatic rings. The molecule has 168 valence electrons. The first kappa shape index (κ1) is 25.2. The number of benzene rings is 2. The van der Waals surface area contributed by atoms with Gasteiger partial charge in [0.15, 0.2) is 0 Å². The summed E-state index contributed by atoms with van der Waals surface area (Å²) in [6, 6.07) is 12.2. The highest BCUT2D eigenvalue weighted by atomic mass is 35.5. The summed E-state index contributed by atoms with van der Waals surface area (Å²) in [5, 5.41) is 6.53. The number of ether oxygens (including phenoxy) is 1. The molecule has 1 aliphatic rings. The molecule has 0 aliphatic carbocycles. The van der Waals surface area contributed by atoms with E-state index in [1.54, 1.807) is 18.2 Å². The molecule has 1 heterocycles. The van der Waals surface area contributed by atoms with Crippen molar-refractivity contribution >= 4 is 35.1 Å². The lowest BCUT2D eigenvalue weighted by Crippen LogP contribution is -2.43. The lowest BCUT2D eigenvalue weighted by molar-refractivity contribution is -0.142. The van der Waals surface area contributed by atoms with Crippen LogP contribution in [0.5, 0.6) is 0 Å². The normalized spacial score (nSPS) is 14.7. The maximum atomic E-state index is 12.7. The van der Waals surface area contributed by atoms with Crippen LogP contribution in [0.2, 0.25) is 10.0 Å². The third-order valence-electron chi connectivity index (χ3n) is 5.21. The van der Waals surface area contributed by atoms with Crippen LogP contribution in [0.15, 0.2) is 42.5 Å². The van der Waals surface area contributed by atoms with E-state index in [0.29, 0.717) is 12.3 Å². The van der Waals surface area contributed by atoms with Gasteiger partial charge >= 0.3 is 5.97 Å². The molecular weight excluding hydrogens is 435 g/mol. The average molecular weight is 465 g/mol. The van der Waals surface area contributed by atoms with Crippen LogP contribution < -0.4 is 10.6 Å². The highest BCUT2D eigenvalue weighted by Gasteiger charge is 2.25. The van der Waals surface area contributed by atoms with E-state index in [0.717, 1.165) is 31.5 Å². The Bertz CT molecular complexity index is 845. The summed E-state index contributed by atoms with van der Waals surface area (Å²) in [4.78, 5) is 24.9. The number of piperidine rings is 1. The number of hydrogen-bond acceptors (Lipinski definition) is 4. The number of carbonyl (C=O) groups is 2. The molecule has 1 atom stereocenters. The van der Waals surface area contributed by atoms with Crippen molar-refractivity contribution in [2.75, 3.05) is 20.2 Å². The van der Waals surface area contributed by atoms with Gasteiger partial charge in [0, 0.05) is 6.42 Å². The summed E-state index contributed by atoms with van der Waals surface area (Å²) in [6.45, 7) is 6.07. The fourth-order valence-electron chi connectivity index (χ4n) is 3.60. The minimum atomic E-state index is -0.843. The molecule has 1 aliphatic heterocycles. The lowest BCUT2D eigenvalue weighted by atomic mass is 9.89. The van der Waals surface area contributed by atoms with E-state index >= 15 is 0 Å². The first-order valence-electron chi connectivity index (χ1n) is 10.6. The summed E-state index contributed by atoms with van der Waals surface area (Å²) in [5.41, 5.74) is 2.38. The van der Waals surface area contributed by atoms with Crippen LogP contribution in [-0.4, -0.2) is 38.1 Å². The lowest BCUT2D eigenvalue weighted by Gasteiger charge is -2.23. The maximum Gasteiger partial charge on any atom is 0.328 e. The molecule has 3 rings (SSSR count). The zero-order chi connectivity index (χ0) is 22.8. The highest BCUT2D eigenvalue weighted by Crippen LogP contribution is 2.26. The number of carbonyl (C=O) groups excluding carboxylic acids is 2. The second kappa shape index (κ2) is 12.7. The largest absolute Gasteiger partial charge is 0.467 e. The standard InChI is InChI=1S/C22H24Cl2N2O3.C2H6/c1-29-22(28)19(26-21(27)20-17(23)3-2-4-18(20)24)13-14-5-7-15(8-6-14)16-9-11-25-12-10-16;1-2/h2-8,16,19,25H,9-13H2,1H3,(H,26,27);1-2H3. The number of amides is 1. The Morgan fingerprint density at radius 3 is 2.19 bits per heavy atom. The Hall–Kier alpha value is -2.08. The van der Waals surface area contributed by atoms with Gasteiger partial charge < -0.3 is 15.4 Å². The molecule has 0 aromatic heterocycles. The molecule has 1 unspecified atom stereocenters. The van der Waals surface area contributed by atoms with Crippen molar-refractivity contribution in [1.29, 1.82) is 0 Å². The minimum Gasteiger partial charge on any atom is -0.467 e. The molecule has 0 saturated carbocycles. The van der Waals surface area contributed by atoms with Crippen molar-refractivity contribution in [2.45, 2.75) is 45.1 Å². The van der Waals surface area contributed by atoms with Crippen LogP contribution in [0.25, 0.3) is 0 Å². The van der Waals surface area contributed by atoms with Gasteiger partial charge in [-0.15, -0.1) is 0 Å². The molecule has 0 bridgehead atoms. The second-order valence-corrected chi connectivity index (χ2v) is 7.93. The molecule has 0 spiro atoms. The Morgan fingerprint density at radius 1 is 1.06 bits per heavy atom. The van der Waals surface area contributed by atoms with Crippen molar-refractivity contribution in [3.63, 3.8) is 0 Å². The summed E-state index contributed by atoms with van der Waals surface area (Å²) in [7, 11) is 1.30.